The lowest BCUT2D eigenvalue weighted by Gasteiger charge is -2.09. The van der Waals surface area contributed by atoms with Crippen molar-refractivity contribution in [1.82, 2.24) is 5.32 Å². The van der Waals surface area contributed by atoms with Crippen LogP contribution in [-0.4, -0.2) is 17.7 Å². The zero-order valence-electron chi connectivity index (χ0n) is 12.9. The van der Waals surface area contributed by atoms with Crippen molar-refractivity contribution in [2.75, 3.05) is 0 Å². The van der Waals surface area contributed by atoms with E-state index in [0.717, 1.165) is 24.1 Å². The van der Waals surface area contributed by atoms with E-state index in [9.17, 15) is 4.79 Å². The Morgan fingerprint density at radius 3 is 2.35 bits per heavy atom. The van der Waals surface area contributed by atoms with Crippen molar-refractivity contribution < 1.29 is 9.63 Å². The molecule has 1 atom stereocenters. The van der Waals surface area contributed by atoms with Gasteiger partial charge < -0.3 is 10.2 Å². The Morgan fingerprint density at radius 2 is 1.65 bits per heavy atom. The molecule has 118 valence electrons. The second-order valence-electron chi connectivity index (χ2n) is 5.64. The van der Waals surface area contributed by atoms with Gasteiger partial charge in [0.15, 0.2) is 0 Å². The number of carbonyl (C=O) groups excluding carboxylic acids is 1. The van der Waals surface area contributed by atoms with E-state index in [1.165, 1.54) is 5.56 Å². The topological polar surface area (TPSA) is 50.7 Å². The summed E-state index contributed by atoms with van der Waals surface area (Å²) in [5, 5.41) is 6.96. The van der Waals surface area contributed by atoms with Crippen molar-refractivity contribution in [1.29, 1.82) is 0 Å². The fourth-order valence-corrected chi connectivity index (χ4v) is 2.55. The SMILES string of the molecule is O=C(NCc1ccccc1)[C@@H]1CC(CCc2ccccc2)=NO1. The van der Waals surface area contributed by atoms with Crippen LogP contribution in [0, 0.1) is 0 Å². The first-order valence-electron chi connectivity index (χ1n) is 7.88. The lowest BCUT2D eigenvalue weighted by atomic mass is 10.0. The van der Waals surface area contributed by atoms with Crippen LogP contribution in [0.2, 0.25) is 0 Å². The largest absolute Gasteiger partial charge is 0.382 e. The number of rotatable bonds is 6. The first-order valence-corrected chi connectivity index (χ1v) is 7.88. The second-order valence-corrected chi connectivity index (χ2v) is 5.64. The standard InChI is InChI=1S/C19H20N2O2/c22-19(20-14-16-9-5-2-6-10-16)18-13-17(21-23-18)12-11-15-7-3-1-4-8-15/h1-10,18H,11-14H2,(H,20,22)/t18-/m0/s1. The van der Waals surface area contributed by atoms with Crippen molar-refractivity contribution in [3.8, 4) is 0 Å². The predicted octanol–water partition coefficient (Wildman–Crippen LogP) is 3.08. The van der Waals surface area contributed by atoms with Crippen molar-refractivity contribution in [3.05, 3.63) is 71.8 Å². The van der Waals surface area contributed by atoms with Crippen LogP contribution < -0.4 is 5.32 Å². The lowest BCUT2D eigenvalue weighted by Crippen LogP contribution is -2.34. The van der Waals surface area contributed by atoms with E-state index in [0.29, 0.717) is 13.0 Å². The van der Waals surface area contributed by atoms with Gasteiger partial charge in [-0.05, 0) is 24.0 Å². The predicted molar refractivity (Wildman–Crippen MR) is 90.0 cm³/mol. The number of benzene rings is 2. The quantitative estimate of drug-likeness (QED) is 0.891. The minimum atomic E-state index is -0.496. The van der Waals surface area contributed by atoms with Crippen LogP contribution >= 0.6 is 0 Å². The van der Waals surface area contributed by atoms with Crippen LogP contribution in [-0.2, 0) is 22.6 Å². The summed E-state index contributed by atoms with van der Waals surface area (Å²) >= 11 is 0. The third-order valence-corrected chi connectivity index (χ3v) is 3.88. The third-order valence-electron chi connectivity index (χ3n) is 3.88. The molecular weight excluding hydrogens is 288 g/mol. The Kier molecular flexibility index (Phi) is 5.04. The molecule has 4 nitrogen and oxygen atoms in total. The van der Waals surface area contributed by atoms with Gasteiger partial charge in [-0.15, -0.1) is 0 Å². The normalized spacial score (nSPS) is 16.5. The van der Waals surface area contributed by atoms with Gasteiger partial charge in [-0.1, -0.05) is 65.8 Å². The second kappa shape index (κ2) is 7.58. The minimum Gasteiger partial charge on any atom is -0.382 e. The maximum absolute atomic E-state index is 12.1. The highest BCUT2D eigenvalue weighted by molar-refractivity contribution is 5.92. The number of amides is 1. The lowest BCUT2D eigenvalue weighted by molar-refractivity contribution is -0.131. The molecule has 1 heterocycles. The van der Waals surface area contributed by atoms with Gasteiger partial charge in [0.25, 0.3) is 5.91 Å². The highest BCUT2D eigenvalue weighted by atomic mass is 16.6. The molecule has 0 bridgehead atoms. The molecule has 1 N–H and O–H groups in total. The number of nitrogens with zero attached hydrogens (tertiary/aromatic N) is 1. The minimum absolute atomic E-state index is 0.104. The van der Waals surface area contributed by atoms with Gasteiger partial charge >= 0.3 is 0 Å². The van der Waals surface area contributed by atoms with Crippen molar-refractivity contribution in [2.45, 2.75) is 31.9 Å². The first kappa shape index (κ1) is 15.3. The highest BCUT2D eigenvalue weighted by Gasteiger charge is 2.27. The molecule has 2 aromatic carbocycles. The van der Waals surface area contributed by atoms with Crippen LogP contribution in [0.3, 0.4) is 0 Å². The van der Waals surface area contributed by atoms with Gasteiger partial charge in [-0.2, -0.15) is 0 Å². The summed E-state index contributed by atoms with van der Waals surface area (Å²) in [4.78, 5) is 17.4. The average molecular weight is 308 g/mol. The molecule has 1 aliphatic heterocycles. The van der Waals surface area contributed by atoms with Crippen LogP contribution in [0.5, 0.6) is 0 Å². The van der Waals surface area contributed by atoms with E-state index >= 15 is 0 Å². The first-order chi connectivity index (χ1) is 11.3. The molecule has 1 aliphatic rings. The summed E-state index contributed by atoms with van der Waals surface area (Å²) in [5.41, 5.74) is 3.30. The fraction of sp³-hybridized carbons (Fsp3) is 0.263. The zero-order chi connectivity index (χ0) is 15.9. The fourth-order valence-electron chi connectivity index (χ4n) is 2.55. The van der Waals surface area contributed by atoms with Gasteiger partial charge in [0.2, 0.25) is 6.10 Å². The molecule has 0 unspecified atom stereocenters. The molecule has 23 heavy (non-hydrogen) atoms. The summed E-state index contributed by atoms with van der Waals surface area (Å²) in [6.07, 6.45) is 1.82. The van der Waals surface area contributed by atoms with Crippen LogP contribution in [0.15, 0.2) is 65.8 Å². The van der Waals surface area contributed by atoms with Crippen molar-refractivity contribution in [2.24, 2.45) is 5.16 Å². The summed E-state index contributed by atoms with van der Waals surface area (Å²) in [6, 6.07) is 20.1. The maximum atomic E-state index is 12.1. The molecule has 0 aromatic heterocycles. The molecule has 0 aliphatic carbocycles. The monoisotopic (exact) mass is 308 g/mol. The van der Waals surface area contributed by atoms with E-state index in [-0.39, 0.29) is 5.91 Å². The molecule has 0 saturated heterocycles. The number of oxime groups is 1. The Morgan fingerprint density at radius 1 is 1.00 bits per heavy atom. The van der Waals surface area contributed by atoms with Crippen molar-refractivity contribution in [3.63, 3.8) is 0 Å². The number of aryl methyl sites for hydroxylation is 1. The smallest absolute Gasteiger partial charge is 0.264 e. The van der Waals surface area contributed by atoms with Gasteiger partial charge in [0, 0.05) is 13.0 Å². The van der Waals surface area contributed by atoms with Crippen molar-refractivity contribution >= 4 is 11.6 Å². The van der Waals surface area contributed by atoms with Crippen LogP contribution in [0.1, 0.15) is 24.0 Å². The Hall–Kier alpha value is -2.62. The van der Waals surface area contributed by atoms with Crippen LogP contribution in [0.25, 0.3) is 0 Å². The summed E-state index contributed by atoms with van der Waals surface area (Å²) in [5.74, 6) is -0.104. The average Bonchev–Trinajstić information content (AvgIpc) is 3.09. The molecule has 0 fully saturated rings. The van der Waals surface area contributed by atoms with E-state index in [1.54, 1.807) is 0 Å². The Balaban J connectivity index is 1.42. The van der Waals surface area contributed by atoms with Gasteiger partial charge in [-0.3, -0.25) is 4.79 Å². The third kappa shape index (κ3) is 4.42. The zero-order valence-corrected chi connectivity index (χ0v) is 12.9. The molecule has 2 aromatic rings. The summed E-state index contributed by atoms with van der Waals surface area (Å²) in [7, 11) is 0. The molecular formula is C19H20N2O2. The van der Waals surface area contributed by atoms with E-state index < -0.39 is 6.10 Å². The van der Waals surface area contributed by atoms with Crippen LogP contribution in [0.4, 0.5) is 0 Å². The van der Waals surface area contributed by atoms with Gasteiger partial charge in [0.05, 0.1) is 5.71 Å². The Bertz CT molecular complexity index is 668. The van der Waals surface area contributed by atoms with E-state index in [1.807, 2.05) is 48.5 Å². The molecule has 4 heteroatoms. The number of hydrogen-bond donors (Lipinski definition) is 1. The summed E-state index contributed by atoms with van der Waals surface area (Å²) < 4.78 is 0. The maximum Gasteiger partial charge on any atom is 0.264 e. The number of carbonyl (C=O) groups is 1. The molecule has 0 radical (unpaired) electrons. The number of hydrogen-bond acceptors (Lipinski definition) is 3. The highest BCUT2D eigenvalue weighted by Crippen LogP contribution is 2.15. The van der Waals surface area contributed by atoms with E-state index in [4.69, 9.17) is 4.84 Å². The molecule has 0 saturated carbocycles. The number of nitrogens with one attached hydrogen (secondary N) is 1. The summed E-state index contributed by atoms with van der Waals surface area (Å²) in [6.45, 7) is 0.513. The Labute approximate surface area is 136 Å². The molecule has 3 rings (SSSR count). The molecule has 1 amide bonds. The van der Waals surface area contributed by atoms with E-state index in [2.05, 4.69) is 22.6 Å². The van der Waals surface area contributed by atoms with Gasteiger partial charge in [0.1, 0.15) is 0 Å². The van der Waals surface area contributed by atoms with Gasteiger partial charge in [-0.25, -0.2) is 0 Å². The molecule has 0 spiro atoms.